The Bertz CT molecular complexity index is 1310. The van der Waals surface area contributed by atoms with Gasteiger partial charge in [-0.2, -0.15) is 4.98 Å². The third kappa shape index (κ3) is 4.68. The Kier molecular flexibility index (Phi) is 6.60. The molecule has 1 aromatic heterocycles. The second kappa shape index (κ2) is 9.74. The molecule has 0 atom stereocenters. The molecule has 0 bridgehead atoms. The van der Waals surface area contributed by atoms with Crippen LogP contribution in [0.15, 0.2) is 69.7 Å². The van der Waals surface area contributed by atoms with Gasteiger partial charge in [0.2, 0.25) is 5.82 Å². The van der Waals surface area contributed by atoms with E-state index in [2.05, 4.69) is 31.4 Å². The number of ether oxygens (including phenoxy) is 3. The van der Waals surface area contributed by atoms with Crippen LogP contribution in [-0.4, -0.2) is 37.4 Å². The number of anilines is 1. The summed E-state index contributed by atoms with van der Waals surface area (Å²) in [5, 5.41) is 7.00. The van der Waals surface area contributed by atoms with E-state index in [1.54, 1.807) is 63.8 Å². The fourth-order valence-corrected chi connectivity index (χ4v) is 3.75. The number of hydrogen-bond acceptors (Lipinski definition) is 7. The lowest BCUT2D eigenvalue weighted by Crippen LogP contribution is -2.12. The Labute approximate surface area is 198 Å². The van der Waals surface area contributed by atoms with Crippen LogP contribution in [-0.2, 0) is 0 Å². The number of para-hydroxylation sites is 1. The summed E-state index contributed by atoms with van der Waals surface area (Å²) in [6.45, 7) is 0. The van der Waals surface area contributed by atoms with Gasteiger partial charge in [-0.3, -0.25) is 4.79 Å². The highest BCUT2D eigenvalue weighted by molar-refractivity contribution is 9.10. The zero-order valence-electron chi connectivity index (χ0n) is 18.1. The van der Waals surface area contributed by atoms with Crippen molar-refractivity contribution in [2.75, 3.05) is 26.6 Å². The molecule has 0 radical (unpaired) electrons. The summed E-state index contributed by atoms with van der Waals surface area (Å²) in [7, 11) is 4.69. The average Bonchev–Trinajstić information content (AvgIpc) is 3.34. The summed E-state index contributed by atoms with van der Waals surface area (Å²) < 4.78 is 22.0. The Morgan fingerprint density at radius 3 is 2.36 bits per heavy atom. The molecule has 0 aliphatic carbocycles. The minimum atomic E-state index is -0.287. The molecule has 33 heavy (non-hydrogen) atoms. The highest BCUT2D eigenvalue weighted by atomic mass is 79.9. The lowest BCUT2D eigenvalue weighted by Gasteiger charge is -2.10. The molecule has 4 aromatic rings. The van der Waals surface area contributed by atoms with Gasteiger partial charge in [0.15, 0.2) is 11.5 Å². The molecule has 1 N–H and O–H groups in total. The Balaban J connectivity index is 1.61. The van der Waals surface area contributed by atoms with Gasteiger partial charge < -0.3 is 24.1 Å². The normalized spacial score (nSPS) is 10.5. The lowest BCUT2D eigenvalue weighted by molar-refractivity contribution is 0.102. The SMILES string of the molecule is COc1ccc(C(=O)Nc2ccccc2-c2nc(-c3ccc(OC)c(OC)c3)no2)cc1Br. The number of amides is 1. The smallest absolute Gasteiger partial charge is 0.260 e. The second-order valence-corrected chi connectivity index (χ2v) is 7.70. The fourth-order valence-electron chi connectivity index (χ4n) is 3.21. The first-order valence-corrected chi connectivity index (χ1v) is 10.6. The first-order chi connectivity index (χ1) is 16.0. The molecule has 0 fully saturated rings. The predicted octanol–water partition coefficient (Wildman–Crippen LogP) is 5.44. The van der Waals surface area contributed by atoms with E-state index in [-0.39, 0.29) is 11.8 Å². The largest absolute Gasteiger partial charge is 0.496 e. The number of methoxy groups -OCH3 is 3. The average molecular weight is 510 g/mol. The maximum absolute atomic E-state index is 12.8. The maximum atomic E-state index is 12.8. The van der Waals surface area contributed by atoms with E-state index in [0.717, 1.165) is 0 Å². The summed E-state index contributed by atoms with van der Waals surface area (Å²) >= 11 is 3.40. The van der Waals surface area contributed by atoms with Gasteiger partial charge in [0, 0.05) is 11.1 Å². The molecular formula is C24H20BrN3O5. The van der Waals surface area contributed by atoms with Gasteiger partial charge in [-0.25, -0.2) is 0 Å². The highest BCUT2D eigenvalue weighted by Gasteiger charge is 2.17. The van der Waals surface area contributed by atoms with E-state index in [9.17, 15) is 4.79 Å². The van der Waals surface area contributed by atoms with Crippen LogP contribution in [0.25, 0.3) is 22.8 Å². The number of hydrogen-bond donors (Lipinski definition) is 1. The van der Waals surface area contributed by atoms with E-state index >= 15 is 0 Å². The van der Waals surface area contributed by atoms with Crippen molar-refractivity contribution < 1.29 is 23.5 Å². The Morgan fingerprint density at radius 2 is 1.64 bits per heavy atom. The summed E-state index contributed by atoms with van der Waals surface area (Å²) in [5.74, 6) is 2.16. The molecule has 0 spiro atoms. The predicted molar refractivity (Wildman–Crippen MR) is 127 cm³/mol. The number of aromatic nitrogens is 2. The van der Waals surface area contributed by atoms with Crippen LogP contribution in [0.1, 0.15) is 10.4 Å². The molecule has 0 aliphatic rings. The molecule has 168 valence electrons. The van der Waals surface area contributed by atoms with Crippen molar-refractivity contribution in [2.24, 2.45) is 0 Å². The third-order valence-electron chi connectivity index (χ3n) is 4.89. The molecule has 0 saturated heterocycles. The van der Waals surface area contributed by atoms with Crippen LogP contribution < -0.4 is 19.5 Å². The van der Waals surface area contributed by atoms with Crippen molar-refractivity contribution in [3.05, 3.63) is 70.7 Å². The molecule has 1 amide bonds. The van der Waals surface area contributed by atoms with Crippen molar-refractivity contribution in [1.82, 2.24) is 10.1 Å². The van der Waals surface area contributed by atoms with Gasteiger partial charge in [-0.15, -0.1) is 0 Å². The van der Waals surface area contributed by atoms with Gasteiger partial charge in [0.25, 0.3) is 11.8 Å². The minimum absolute atomic E-state index is 0.270. The number of halogens is 1. The molecule has 0 unspecified atom stereocenters. The molecule has 8 nitrogen and oxygen atoms in total. The van der Waals surface area contributed by atoms with Crippen LogP contribution in [0.3, 0.4) is 0 Å². The van der Waals surface area contributed by atoms with Crippen molar-refractivity contribution in [3.8, 4) is 40.1 Å². The monoisotopic (exact) mass is 509 g/mol. The van der Waals surface area contributed by atoms with Crippen molar-refractivity contribution >= 4 is 27.5 Å². The third-order valence-corrected chi connectivity index (χ3v) is 5.51. The van der Waals surface area contributed by atoms with Crippen LogP contribution >= 0.6 is 15.9 Å². The zero-order chi connectivity index (χ0) is 23.4. The number of carbonyl (C=O) groups excluding carboxylic acids is 1. The minimum Gasteiger partial charge on any atom is -0.496 e. The molecule has 0 aliphatic heterocycles. The number of nitrogens with zero attached hydrogens (tertiary/aromatic N) is 2. The van der Waals surface area contributed by atoms with Crippen LogP contribution in [0.2, 0.25) is 0 Å². The highest BCUT2D eigenvalue weighted by Crippen LogP contribution is 2.33. The topological polar surface area (TPSA) is 95.7 Å². The number of benzene rings is 3. The van der Waals surface area contributed by atoms with E-state index in [1.165, 1.54) is 0 Å². The fraction of sp³-hybridized carbons (Fsp3) is 0.125. The van der Waals surface area contributed by atoms with Crippen molar-refractivity contribution in [2.45, 2.75) is 0 Å². The van der Waals surface area contributed by atoms with Crippen LogP contribution in [0.5, 0.6) is 17.2 Å². The van der Waals surface area contributed by atoms with E-state index < -0.39 is 0 Å². The van der Waals surface area contributed by atoms with Gasteiger partial charge in [0.05, 0.1) is 37.1 Å². The van der Waals surface area contributed by atoms with Crippen LogP contribution in [0, 0.1) is 0 Å². The summed E-state index contributed by atoms with van der Waals surface area (Å²) in [6, 6.07) is 17.7. The first-order valence-electron chi connectivity index (χ1n) is 9.84. The molecule has 9 heteroatoms. The molecule has 4 rings (SSSR count). The quantitative estimate of drug-likeness (QED) is 0.354. The summed E-state index contributed by atoms with van der Waals surface area (Å²) in [4.78, 5) is 17.4. The van der Waals surface area contributed by atoms with Gasteiger partial charge in [-0.1, -0.05) is 17.3 Å². The van der Waals surface area contributed by atoms with Crippen molar-refractivity contribution in [3.63, 3.8) is 0 Å². The zero-order valence-corrected chi connectivity index (χ0v) is 19.7. The lowest BCUT2D eigenvalue weighted by atomic mass is 10.1. The molecule has 3 aromatic carbocycles. The summed E-state index contributed by atoms with van der Waals surface area (Å²) in [6.07, 6.45) is 0. The molecular weight excluding hydrogens is 490 g/mol. The van der Waals surface area contributed by atoms with Crippen molar-refractivity contribution in [1.29, 1.82) is 0 Å². The Morgan fingerprint density at radius 1 is 0.909 bits per heavy atom. The molecule has 1 heterocycles. The van der Waals surface area contributed by atoms with Gasteiger partial charge in [0.1, 0.15) is 5.75 Å². The van der Waals surface area contributed by atoms with Crippen LogP contribution in [0.4, 0.5) is 5.69 Å². The summed E-state index contributed by atoms with van der Waals surface area (Å²) in [5.41, 5.74) is 2.30. The van der Waals surface area contributed by atoms with E-state index in [4.69, 9.17) is 18.7 Å². The first kappa shape index (κ1) is 22.3. The number of carbonyl (C=O) groups is 1. The second-order valence-electron chi connectivity index (χ2n) is 6.84. The van der Waals surface area contributed by atoms with Gasteiger partial charge in [-0.05, 0) is 64.5 Å². The standard InChI is InChI=1S/C24H20BrN3O5/c1-30-19-10-9-15(12-17(19)25)23(29)26-18-7-5-4-6-16(18)24-27-22(28-33-24)14-8-11-20(31-2)21(13-14)32-3/h4-13H,1-3H3,(H,26,29). The molecule has 0 saturated carbocycles. The van der Waals surface area contributed by atoms with Gasteiger partial charge >= 0.3 is 0 Å². The maximum Gasteiger partial charge on any atom is 0.260 e. The number of rotatable bonds is 7. The number of nitrogens with one attached hydrogen (secondary N) is 1. The van der Waals surface area contributed by atoms with E-state index in [1.807, 2.05) is 18.2 Å². The van der Waals surface area contributed by atoms with E-state index in [0.29, 0.717) is 49.9 Å². The Hall–Kier alpha value is -3.85.